The first-order valence-electron chi connectivity index (χ1n) is 11.4. The minimum Gasteiger partial charge on any atom is -0.493 e. The van der Waals surface area contributed by atoms with Gasteiger partial charge in [-0.05, 0) is 43.7 Å². The Morgan fingerprint density at radius 3 is 2.72 bits per heavy atom. The van der Waals surface area contributed by atoms with Crippen molar-refractivity contribution in [3.8, 4) is 17.2 Å². The van der Waals surface area contributed by atoms with Crippen LogP contribution in [0.1, 0.15) is 41.6 Å². The maximum absolute atomic E-state index is 12.5. The van der Waals surface area contributed by atoms with Crippen LogP contribution in [0.15, 0.2) is 52.6 Å². The van der Waals surface area contributed by atoms with Gasteiger partial charge in [0.1, 0.15) is 23.4 Å². The minimum absolute atomic E-state index is 0.235. The molecule has 2 atom stereocenters. The standard InChI is InChI=1S/C25H24Cl3N3O5/c1-2-34-25(33)18-8-10-35-21-12-22(20(27)11-19(18)21)36-17-5-3-15(4-6-17)24(32)29-9-7-23-30-13-16(26)14-31(23)28/h3-6,11-14,18,23H,2,7-10H2,1H3,(H,29,32). The lowest BCUT2D eigenvalue weighted by atomic mass is 9.93. The van der Waals surface area contributed by atoms with Gasteiger partial charge in [-0.25, -0.2) is 0 Å². The summed E-state index contributed by atoms with van der Waals surface area (Å²) in [4.78, 5) is 29.0. The fourth-order valence-electron chi connectivity index (χ4n) is 3.83. The molecule has 36 heavy (non-hydrogen) atoms. The van der Waals surface area contributed by atoms with Crippen molar-refractivity contribution in [2.24, 2.45) is 4.99 Å². The number of nitrogens with zero attached hydrogens (tertiary/aromatic N) is 2. The monoisotopic (exact) mass is 551 g/mol. The average molecular weight is 553 g/mol. The number of allylic oxidation sites excluding steroid dienone is 1. The molecule has 11 heteroatoms. The lowest BCUT2D eigenvalue weighted by Crippen LogP contribution is -2.31. The predicted octanol–water partition coefficient (Wildman–Crippen LogP) is 5.63. The van der Waals surface area contributed by atoms with E-state index in [-0.39, 0.29) is 18.0 Å². The summed E-state index contributed by atoms with van der Waals surface area (Å²) in [7, 11) is 0. The van der Waals surface area contributed by atoms with Crippen molar-refractivity contribution in [1.82, 2.24) is 9.74 Å². The molecule has 0 saturated heterocycles. The SMILES string of the molecule is CCOC(=O)C1CCOc2cc(Oc3ccc(C(=O)NCCC4N=CC(Cl)=CN4Cl)cc3)c(Cl)cc21. The number of halogens is 3. The third kappa shape index (κ3) is 6.24. The van der Waals surface area contributed by atoms with E-state index in [1.54, 1.807) is 49.5 Å². The highest BCUT2D eigenvalue weighted by molar-refractivity contribution is 6.39. The van der Waals surface area contributed by atoms with E-state index in [9.17, 15) is 9.59 Å². The number of ether oxygens (including phenoxy) is 3. The van der Waals surface area contributed by atoms with Gasteiger partial charge in [0.2, 0.25) is 0 Å². The van der Waals surface area contributed by atoms with E-state index >= 15 is 0 Å². The van der Waals surface area contributed by atoms with Crippen molar-refractivity contribution in [3.63, 3.8) is 0 Å². The molecule has 2 unspecified atom stereocenters. The third-order valence-electron chi connectivity index (χ3n) is 5.61. The first-order chi connectivity index (χ1) is 17.4. The van der Waals surface area contributed by atoms with E-state index < -0.39 is 5.92 Å². The second kappa shape index (κ2) is 11.9. The van der Waals surface area contributed by atoms with Gasteiger partial charge >= 0.3 is 5.97 Å². The van der Waals surface area contributed by atoms with Crippen molar-refractivity contribution < 1.29 is 23.8 Å². The van der Waals surface area contributed by atoms with Crippen LogP contribution in [-0.2, 0) is 9.53 Å². The summed E-state index contributed by atoms with van der Waals surface area (Å²) in [6.45, 7) is 2.85. The topological polar surface area (TPSA) is 89.5 Å². The number of carbonyl (C=O) groups excluding carboxylic acids is 2. The predicted molar refractivity (Wildman–Crippen MR) is 138 cm³/mol. The largest absolute Gasteiger partial charge is 0.493 e. The normalized spacial score (nSPS) is 18.6. The van der Waals surface area contributed by atoms with Gasteiger partial charge in [-0.2, -0.15) is 0 Å². The summed E-state index contributed by atoms with van der Waals surface area (Å²) in [6, 6.07) is 9.99. The van der Waals surface area contributed by atoms with E-state index in [1.807, 2.05) is 0 Å². The van der Waals surface area contributed by atoms with Crippen LogP contribution in [0, 0.1) is 0 Å². The number of rotatable bonds is 8. The molecule has 4 rings (SSSR count). The van der Waals surface area contributed by atoms with Crippen molar-refractivity contribution in [1.29, 1.82) is 0 Å². The molecule has 1 amide bonds. The number of hydrogen-bond acceptors (Lipinski definition) is 7. The number of benzene rings is 2. The Hall–Kier alpha value is -2.94. The molecule has 2 aromatic carbocycles. The molecular weight excluding hydrogens is 529 g/mol. The highest BCUT2D eigenvalue weighted by Crippen LogP contribution is 2.42. The molecule has 1 N–H and O–H groups in total. The lowest BCUT2D eigenvalue weighted by molar-refractivity contribution is -0.145. The van der Waals surface area contributed by atoms with Crippen LogP contribution in [0.3, 0.4) is 0 Å². The van der Waals surface area contributed by atoms with Crippen LogP contribution in [0.4, 0.5) is 0 Å². The highest BCUT2D eigenvalue weighted by atomic mass is 35.5. The Bertz CT molecular complexity index is 1190. The molecule has 190 valence electrons. The Morgan fingerprint density at radius 2 is 2.00 bits per heavy atom. The second-order valence-electron chi connectivity index (χ2n) is 8.05. The van der Waals surface area contributed by atoms with Crippen LogP contribution in [0.25, 0.3) is 0 Å². The van der Waals surface area contributed by atoms with Crippen molar-refractivity contribution in [2.75, 3.05) is 19.8 Å². The fraction of sp³-hybridized carbons (Fsp3) is 0.320. The zero-order valence-corrected chi connectivity index (χ0v) is 21.6. The van der Waals surface area contributed by atoms with Gasteiger partial charge in [0.15, 0.2) is 0 Å². The summed E-state index contributed by atoms with van der Waals surface area (Å²) in [5.41, 5.74) is 1.15. The molecule has 2 heterocycles. The van der Waals surface area contributed by atoms with E-state index in [0.29, 0.717) is 71.0 Å². The molecule has 0 saturated carbocycles. The first kappa shape index (κ1) is 26.1. The van der Waals surface area contributed by atoms with Gasteiger partial charge in [-0.3, -0.25) is 19.0 Å². The summed E-state index contributed by atoms with van der Waals surface area (Å²) in [5, 5.41) is 3.63. The smallest absolute Gasteiger partial charge is 0.313 e. The van der Waals surface area contributed by atoms with E-state index in [0.717, 1.165) is 0 Å². The molecule has 0 radical (unpaired) electrons. The third-order valence-corrected chi connectivity index (χ3v) is 6.42. The molecule has 2 aliphatic rings. The Labute approximate surface area is 223 Å². The quantitative estimate of drug-likeness (QED) is 0.337. The van der Waals surface area contributed by atoms with Crippen LogP contribution in [0.2, 0.25) is 5.02 Å². The Morgan fingerprint density at radius 1 is 1.22 bits per heavy atom. The van der Waals surface area contributed by atoms with E-state index in [4.69, 9.17) is 49.2 Å². The number of amides is 1. The lowest BCUT2D eigenvalue weighted by Gasteiger charge is -2.25. The second-order valence-corrected chi connectivity index (χ2v) is 9.28. The summed E-state index contributed by atoms with van der Waals surface area (Å²) in [6.07, 6.45) is 3.84. The summed E-state index contributed by atoms with van der Waals surface area (Å²) < 4.78 is 18.2. The number of aliphatic imine (C=N–C) groups is 1. The number of fused-ring (bicyclic) bond motifs is 1. The van der Waals surface area contributed by atoms with Gasteiger partial charge in [0.25, 0.3) is 5.91 Å². The van der Waals surface area contributed by atoms with Gasteiger partial charge < -0.3 is 19.5 Å². The molecule has 0 fully saturated rings. The zero-order valence-electron chi connectivity index (χ0n) is 19.4. The Balaban J connectivity index is 1.35. The van der Waals surface area contributed by atoms with Crippen LogP contribution < -0.4 is 14.8 Å². The van der Waals surface area contributed by atoms with Gasteiger partial charge in [0.05, 0.1) is 29.2 Å². The maximum Gasteiger partial charge on any atom is 0.313 e. The molecule has 2 aromatic rings. The average Bonchev–Trinajstić information content (AvgIpc) is 2.86. The van der Waals surface area contributed by atoms with Crippen LogP contribution in [-0.4, -0.2) is 48.4 Å². The molecule has 0 aliphatic carbocycles. The minimum atomic E-state index is -0.426. The van der Waals surface area contributed by atoms with Crippen LogP contribution >= 0.6 is 35.0 Å². The van der Waals surface area contributed by atoms with Crippen molar-refractivity contribution >= 4 is 53.1 Å². The highest BCUT2D eigenvalue weighted by Gasteiger charge is 2.30. The summed E-state index contributed by atoms with van der Waals surface area (Å²) >= 11 is 18.4. The van der Waals surface area contributed by atoms with Crippen LogP contribution in [0.5, 0.6) is 17.2 Å². The zero-order chi connectivity index (χ0) is 25.7. The number of nitrogens with one attached hydrogen (secondary N) is 1. The molecular formula is C25H24Cl3N3O5. The number of esters is 1. The van der Waals surface area contributed by atoms with Gasteiger partial charge in [-0.1, -0.05) is 23.2 Å². The van der Waals surface area contributed by atoms with Gasteiger partial charge in [-0.15, -0.1) is 0 Å². The molecule has 0 spiro atoms. The van der Waals surface area contributed by atoms with E-state index in [2.05, 4.69) is 10.3 Å². The number of hydrogen-bond donors (Lipinski definition) is 1. The molecule has 0 bridgehead atoms. The fourth-order valence-corrected chi connectivity index (χ4v) is 4.50. The first-order valence-corrected chi connectivity index (χ1v) is 12.5. The van der Waals surface area contributed by atoms with Crippen molar-refractivity contribution in [2.45, 2.75) is 31.8 Å². The molecule has 8 nitrogen and oxygen atoms in total. The summed E-state index contributed by atoms with van der Waals surface area (Å²) in [5.74, 6) is 0.443. The Kier molecular flexibility index (Phi) is 8.61. The van der Waals surface area contributed by atoms with E-state index in [1.165, 1.54) is 10.6 Å². The van der Waals surface area contributed by atoms with Crippen molar-refractivity contribution in [3.05, 3.63) is 63.8 Å². The number of carbonyl (C=O) groups is 2. The maximum atomic E-state index is 12.5. The molecule has 2 aliphatic heterocycles. The van der Waals surface area contributed by atoms with Gasteiger partial charge in [0, 0.05) is 54.4 Å². The molecule has 0 aromatic heterocycles.